The monoisotopic (exact) mass is 303 g/mol. The van der Waals surface area contributed by atoms with Crippen molar-refractivity contribution in [2.75, 3.05) is 5.32 Å². The van der Waals surface area contributed by atoms with Crippen molar-refractivity contribution in [2.24, 2.45) is 7.05 Å². The second-order valence-electron chi connectivity index (χ2n) is 4.99. The normalized spacial score (nSPS) is 10.1. The van der Waals surface area contributed by atoms with E-state index >= 15 is 0 Å². The van der Waals surface area contributed by atoms with E-state index in [1.807, 2.05) is 31.3 Å². The molecule has 0 saturated carbocycles. The van der Waals surface area contributed by atoms with Crippen LogP contribution in [0.2, 0.25) is 0 Å². The third-order valence-electron chi connectivity index (χ3n) is 3.34. The van der Waals surface area contributed by atoms with Crippen LogP contribution < -0.4 is 5.32 Å². The van der Waals surface area contributed by atoms with Gasteiger partial charge in [0.05, 0.1) is 11.6 Å². The van der Waals surface area contributed by atoms with Gasteiger partial charge < -0.3 is 9.88 Å². The minimum atomic E-state index is -0.266. The number of hydrogen-bond donors (Lipinski definition) is 1. The van der Waals surface area contributed by atoms with Crippen molar-refractivity contribution in [2.45, 2.75) is 0 Å². The molecule has 0 aliphatic carbocycles. The second-order valence-corrected chi connectivity index (χ2v) is 4.99. The van der Waals surface area contributed by atoms with Gasteiger partial charge in [-0.3, -0.25) is 4.79 Å². The van der Waals surface area contributed by atoms with Crippen LogP contribution in [0.3, 0.4) is 0 Å². The van der Waals surface area contributed by atoms with Crippen LogP contribution >= 0.6 is 0 Å². The second kappa shape index (κ2) is 6.12. The van der Waals surface area contributed by atoms with Gasteiger partial charge in [-0.1, -0.05) is 18.2 Å². The van der Waals surface area contributed by atoms with Crippen LogP contribution in [0.1, 0.15) is 15.9 Å². The van der Waals surface area contributed by atoms with Crippen LogP contribution in [0.5, 0.6) is 0 Å². The maximum Gasteiger partial charge on any atom is 0.255 e. The van der Waals surface area contributed by atoms with Gasteiger partial charge in [0.25, 0.3) is 5.91 Å². The van der Waals surface area contributed by atoms with Crippen LogP contribution in [-0.2, 0) is 7.05 Å². The zero-order valence-corrected chi connectivity index (χ0v) is 12.4. The van der Waals surface area contributed by atoms with E-state index in [4.69, 9.17) is 5.26 Å². The van der Waals surface area contributed by atoms with Gasteiger partial charge in [-0.15, -0.1) is 10.2 Å². The molecule has 3 rings (SSSR count). The van der Waals surface area contributed by atoms with Gasteiger partial charge >= 0.3 is 0 Å². The minimum absolute atomic E-state index is 0.266. The largest absolute Gasteiger partial charge is 0.322 e. The molecule has 1 amide bonds. The Morgan fingerprint density at radius 2 is 2.04 bits per heavy atom. The lowest BCUT2D eigenvalue weighted by atomic mass is 10.1. The maximum atomic E-state index is 12.3. The van der Waals surface area contributed by atoms with E-state index in [2.05, 4.69) is 15.5 Å². The van der Waals surface area contributed by atoms with E-state index in [0.717, 1.165) is 5.56 Å². The molecule has 1 aromatic heterocycles. The summed E-state index contributed by atoms with van der Waals surface area (Å²) in [6.07, 6.45) is 1.62. The summed E-state index contributed by atoms with van der Waals surface area (Å²) in [5.41, 5.74) is 2.39. The van der Waals surface area contributed by atoms with Crippen LogP contribution in [0, 0.1) is 11.3 Å². The molecule has 1 N–H and O–H groups in total. The van der Waals surface area contributed by atoms with Crippen molar-refractivity contribution in [3.8, 4) is 17.5 Å². The number of rotatable bonds is 3. The number of aryl methyl sites for hydroxylation is 1. The highest BCUT2D eigenvalue weighted by atomic mass is 16.1. The molecule has 0 atom stereocenters. The third kappa shape index (κ3) is 3.09. The summed E-state index contributed by atoms with van der Waals surface area (Å²) in [6.45, 7) is 0. The maximum absolute atomic E-state index is 12.3. The number of carbonyl (C=O) groups is 1. The topological polar surface area (TPSA) is 83.6 Å². The number of nitrogens with one attached hydrogen (secondary N) is 1. The van der Waals surface area contributed by atoms with E-state index in [-0.39, 0.29) is 5.91 Å². The Balaban J connectivity index is 1.84. The van der Waals surface area contributed by atoms with E-state index in [1.165, 1.54) is 0 Å². The molecule has 1 heterocycles. The van der Waals surface area contributed by atoms with E-state index in [0.29, 0.717) is 22.6 Å². The highest BCUT2D eigenvalue weighted by Crippen LogP contribution is 2.20. The molecule has 0 aliphatic heterocycles. The smallest absolute Gasteiger partial charge is 0.255 e. The summed E-state index contributed by atoms with van der Waals surface area (Å²) >= 11 is 0. The first-order valence-corrected chi connectivity index (χ1v) is 6.93. The molecule has 6 heteroatoms. The van der Waals surface area contributed by atoms with Crippen LogP contribution in [-0.4, -0.2) is 20.7 Å². The number of nitriles is 1. The zero-order valence-electron chi connectivity index (χ0n) is 12.4. The number of aromatic nitrogens is 3. The van der Waals surface area contributed by atoms with Crippen molar-refractivity contribution in [1.82, 2.24) is 14.8 Å². The Morgan fingerprint density at radius 1 is 1.22 bits per heavy atom. The number of nitrogens with zero attached hydrogens (tertiary/aromatic N) is 4. The molecule has 6 nitrogen and oxygen atoms in total. The molecule has 0 fully saturated rings. The zero-order chi connectivity index (χ0) is 16.2. The van der Waals surface area contributed by atoms with Gasteiger partial charge in [-0.2, -0.15) is 5.26 Å². The number of amides is 1. The fraction of sp³-hybridized carbons (Fsp3) is 0.0588. The van der Waals surface area contributed by atoms with Crippen LogP contribution in [0.4, 0.5) is 5.69 Å². The van der Waals surface area contributed by atoms with E-state index < -0.39 is 0 Å². The van der Waals surface area contributed by atoms with Crippen molar-refractivity contribution in [3.05, 3.63) is 66.0 Å². The van der Waals surface area contributed by atoms with Crippen molar-refractivity contribution in [3.63, 3.8) is 0 Å². The van der Waals surface area contributed by atoms with Gasteiger partial charge in [0, 0.05) is 23.9 Å². The number of benzene rings is 2. The molecule has 2 aromatic carbocycles. The SMILES string of the molecule is Cn1cnnc1-c1cccc(NC(=O)c2cccc(C#N)c2)c1. The summed E-state index contributed by atoms with van der Waals surface area (Å²) in [6, 6.07) is 16.0. The van der Waals surface area contributed by atoms with Gasteiger partial charge in [0.1, 0.15) is 6.33 Å². The summed E-state index contributed by atoms with van der Waals surface area (Å²) in [7, 11) is 1.86. The average molecular weight is 303 g/mol. The molecular formula is C17H13N5O. The first-order valence-electron chi connectivity index (χ1n) is 6.93. The molecule has 0 spiro atoms. The lowest BCUT2D eigenvalue weighted by molar-refractivity contribution is 0.102. The van der Waals surface area contributed by atoms with Gasteiger partial charge in [0.2, 0.25) is 0 Å². The Labute approximate surface area is 133 Å². The molecule has 0 aliphatic rings. The Bertz CT molecular complexity index is 907. The Kier molecular flexibility index (Phi) is 3.85. The Morgan fingerprint density at radius 3 is 2.78 bits per heavy atom. The first kappa shape index (κ1) is 14.5. The fourth-order valence-corrected chi connectivity index (χ4v) is 2.21. The van der Waals surface area contributed by atoms with Gasteiger partial charge in [0.15, 0.2) is 5.82 Å². The number of anilines is 1. The van der Waals surface area contributed by atoms with Gasteiger partial charge in [-0.05, 0) is 30.3 Å². The Hall–Kier alpha value is -3.46. The standard InChI is InChI=1S/C17H13N5O/c1-22-11-19-21-16(22)13-5-3-7-15(9-13)20-17(23)14-6-2-4-12(8-14)10-18/h2-9,11H,1H3,(H,20,23). The molecule has 0 unspecified atom stereocenters. The molecular weight excluding hydrogens is 290 g/mol. The average Bonchev–Trinajstić information content (AvgIpc) is 3.01. The van der Waals surface area contributed by atoms with Crippen LogP contribution in [0.25, 0.3) is 11.4 Å². The minimum Gasteiger partial charge on any atom is -0.322 e. The van der Waals surface area contributed by atoms with E-state index in [1.54, 1.807) is 41.2 Å². The molecule has 3 aromatic rings. The molecule has 0 bridgehead atoms. The highest BCUT2D eigenvalue weighted by molar-refractivity contribution is 6.04. The summed E-state index contributed by atoms with van der Waals surface area (Å²) in [4.78, 5) is 12.3. The first-order chi connectivity index (χ1) is 11.2. The lowest BCUT2D eigenvalue weighted by Gasteiger charge is -2.07. The fourth-order valence-electron chi connectivity index (χ4n) is 2.21. The molecule has 0 radical (unpaired) electrons. The predicted octanol–water partition coefficient (Wildman–Crippen LogP) is 2.61. The quantitative estimate of drug-likeness (QED) is 0.806. The third-order valence-corrected chi connectivity index (χ3v) is 3.34. The van der Waals surface area contributed by atoms with Gasteiger partial charge in [-0.25, -0.2) is 0 Å². The summed E-state index contributed by atoms with van der Waals surface area (Å²) in [5, 5.41) is 19.6. The summed E-state index contributed by atoms with van der Waals surface area (Å²) in [5.74, 6) is 0.449. The molecule has 0 saturated heterocycles. The lowest BCUT2D eigenvalue weighted by Crippen LogP contribution is -2.12. The number of hydrogen-bond acceptors (Lipinski definition) is 4. The summed E-state index contributed by atoms with van der Waals surface area (Å²) < 4.78 is 1.80. The highest BCUT2D eigenvalue weighted by Gasteiger charge is 2.09. The molecule has 23 heavy (non-hydrogen) atoms. The van der Waals surface area contributed by atoms with Crippen molar-refractivity contribution < 1.29 is 4.79 Å². The van der Waals surface area contributed by atoms with Crippen LogP contribution in [0.15, 0.2) is 54.9 Å². The molecule has 112 valence electrons. The van der Waals surface area contributed by atoms with Crippen molar-refractivity contribution in [1.29, 1.82) is 5.26 Å². The van der Waals surface area contributed by atoms with E-state index in [9.17, 15) is 4.79 Å². The van der Waals surface area contributed by atoms with Crippen molar-refractivity contribution >= 4 is 11.6 Å². The number of carbonyl (C=O) groups excluding carboxylic acids is 1. The predicted molar refractivity (Wildman–Crippen MR) is 85.5 cm³/mol.